The molecule has 1 fully saturated rings. The maximum absolute atomic E-state index is 5.46. The van der Waals surface area contributed by atoms with Crippen LogP contribution in [-0.4, -0.2) is 47.4 Å². The molecule has 0 atom stereocenters. The summed E-state index contributed by atoms with van der Waals surface area (Å²) in [5, 5.41) is 4.99. The monoisotopic (exact) mass is 413 g/mol. The van der Waals surface area contributed by atoms with Crippen LogP contribution in [0.25, 0.3) is 11.4 Å². The van der Waals surface area contributed by atoms with Gasteiger partial charge in [0, 0.05) is 19.2 Å². The first-order valence-electron chi connectivity index (χ1n) is 9.52. The van der Waals surface area contributed by atoms with Crippen molar-refractivity contribution in [2.45, 2.75) is 30.0 Å². The van der Waals surface area contributed by atoms with E-state index in [-0.39, 0.29) is 0 Å². The number of hydrogen-bond acceptors (Lipinski definition) is 9. The molecule has 0 bridgehead atoms. The van der Waals surface area contributed by atoms with Gasteiger partial charge in [-0.2, -0.15) is 4.98 Å². The minimum Gasteiger partial charge on any atom is -0.493 e. The molecule has 0 radical (unpaired) electrons. The van der Waals surface area contributed by atoms with E-state index < -0.39 is 0 Å². The molecule has 0 N–H and O–H groups in total. The molecule has 1 aromatic carbocycles. The van der Waals surface area contributed by atoms with Gasteiger partial charge in [-0.3, -0.25) is 0 Å². The lowest BCUT2D eigenvalue weighted by Crippen LogP contribution is -2.30. The van der Waals surface area contributed by atoms with E-state index in [0.29, 0.717) is 29.0 Å². The lowest BCUT2D eigenvalue weighted by atomic mass is 10.1. The summed E-state index contributed by atoms with van der Waals surface area (Å²) in [6.45, 7) is 2.10. The van der Waals surface area contributed by atoms with Gasteiger partial charge in [0.15, 0.2) is 11.5 Å². The first-order chi connectivity index (χ1) is 14.3. The fourth-order valence-corrected chi connectivity index (χ4v) is 4.03. The molecule has 29 heavy (non-hydrogen) atoms. The number of nitrogens with zero attached hydrogens (tertiary/aromatic N) is 5. The smallest absolute Gasteiger partial charge is 0.237 e. The Hall–Kier alpha value is -2.81. The van der Waals surface area contributed by atoms with Crippen molar-refractivity contribution < 1.29 is 14.0 Å². The molecule has 1 saturated heterocycles. The standard InChI is InChI=1S/C20H23N5O3S/c1-26-15-8-6-7-14(19(15)27-2)20-23-17(28-24-20)12-29-18-11-16(21-13-22-18)25-9-4-3-5-10-25/h6-8,11,13H,3-5,9-10,12H2,1-2H3. The minimum atomic E-state index is 0.466. The Kier molecular flexibility index (Phi) is 6.14. The van der Waals surface area contributed by atoms with Crippen LogP contribution in [0.3, 0.4) is 0 Å². The summed E-state index contributed by atoms with van der Waals surface area (Å²) in [6.07, 6.45) is 5.34. The molecular weight excluding hydrogens is 390 g/mol. The second kappa shape index (κ2) is 9.13. The Balaban J connectivity index is 1.45. The summed E-state index contributed by atoms with van der Waals surface area (Å²) < 4.78 is 16.2. The molecule has 2 aromatic heterocycles. The van der Waals surface area contributed by atoms with Crippen LogP contribution < -0.4 is 14.4 Å². The number of piperidine rings is 1. The fourth-order valence-electron chi connectivity index (χ4n) is 3.33. The number of thioether (sulfide) groups is 1. The van der Waals surface area contributed by atoms with Gasteiger partial charge in [0.1, 0.15) is 17.2 Å². The van der Waals surface area contributed by atoms with Crippen LogP contribution >= 0.6 is 11.8 Å². The molecule has 152 valence electrons. The Morgan fingerprint density at radius 2 is 1.97 bits per heavy atom. The summed E-state index contributed by atoms with van der Waals surface area (Å²) in [7, 11) is 3.19. The molecule has 4 rings (SSSR count). The zero-order valence-corrected chi connectivity index (χ0v) is 17.3. The van der Waals surface area contributed by atoms with Gasteiger partial charge in [0.05, 0.1) is 25.5 Å². The molecule has 8 nitrogen and oxygen atoms in total. The molecule has 1 aliphatic heterocycles. The van der Waals surface area contributed by atoms with Crippen LogP contribution in [0.15, 0.2) is 40.1 Å². The number of aromatic nitrogens is 4. The maximum atomic E-state index is 5.46. The van der Waals surface area contributed by atoms with Crippen molar-refractivity contribution in [1.29, 1.82) is 0 Å². The lowest BCUT2D eigenvalue weighted by molar-refractivity contribution is 0.355. The van der Waals surface area contributed by atoms with Crippen molar-refractivity contribution in [3.63, 3.8) is 0 Å². The number of anilines is 1. The molecule has 1 aliphatic rings. The number of hydrogen-bond donors (Lipinski definition) is 0. The van der Waals surface area contributed by atoms with Crippen LogP contribution in [0.1, 0.15) is 25.2 Å². The Morgan fingerprint density at radius 3 is 2.76 bits per heavy atom. The van der Waals surface area contributed by atoms with E-state index in [2.05, 4.69) is 25.0 Å². The zero-order valence-electron chi connectivity index (χ0n) is 16.5. The van der Waals surface area contributed by atoms with E-state index in [9.17, 15) is 0 Å². The summed E-state index contributed by atoms with van der Waals surface area (Å²) in [5.74, 6) is 3.69. The van der Waals surface area contributed by atoms with Crippen molar-refractivity contribution in [3.8, 4) is 22.9 Å². The van der Waals surface area contributed by atoms with Gasteiger partial charge >= 0.3 is 0 Å². The summed E-state index contributed by atoms with van der Waals surface area (Å²) >= 11 is 1.55. The van der Waals surface area contributed by atoms with Crippen molar-refractivity contribution in [2.75, 3.05) is 32.2 Å². The van der Waals surface area contributed by atoms with E-state index in [1.807, 2.05) is 24.3 Å². The summed E-state index contributed by atoms with van der Waals surface area (Å²) in [4.78, 5) is 15.6. The van der Waals surface area contributed by atoms with Gasteiger partial charge in [-0.1, -0.05) is 23.0 Å². The largest absolute Gasteiger partial charge is 0.493 e. The van der Waals surface area contributed by atoms with Crippen molar-refractivity contribution in [3.05, 3.63) is 36.5 Å². The van der Waals surface area contributed by atoms with E-state index >= 15 is 0 Å². The first-order valence-corrected chi connectivity index (χ1v) is 10.5. The molecule has 0 saturated carbocycles. The number of methoxy groups -OCH3 is 2. The Labute approximate surface area is 173 Å². The highest BCUT2D eigenvalue weighted by Gasteiger charge is 2.17. The predicted molar refractivity (Wildman–Crippen MR) is 110 cm³/mol. The average molecular weight is 414 g/mol. The van der Waals surface area contributed by atoms with E-state index in [1.165, 1.54) is 19.3 Å². The van der Waals surface area contributed by atoms with E-state index in [1.54, 1.807) is 32.3 Å². The number of para-hydroxylation sites is 1. The third-order valence-corrected chi connectivity index (χ3v) is 5.67. The molecule has 0 unspecified atom stereocenters. The van der Waals surface area contributed by atoms with Crippen molar-refractivity contribution >= 4 is 17.6 Å². The Bertz CT molecular complexity index is 959. The van der Waals surface area contributed by atoms with Gasteiger partial charge in [-0.05, 0) is 31.4 Å². The van der Waals surface area contributed by atoms with E-state index in [0.717, 1.165) is 29.5 Å². The van der Waals surface area contributed by atoms with Crippen molar-refractivity contribution in [2.24, 2.45) is 0 Å². The highest BCUT2D eigenvalue weighted by atomic mass is 32.2. The topological polar surface area (TPSA) is 86.4 Å². The maximum Gasteiger partial charge on any atom is 0.237 e. The van der Waals surface area contributed by atoms with Crippen LogP contribution in [0.5, 0.6) is 11.5 Å². The second-order valence-corrected chi connectivity index (χ2v) is 7.60. The van der Waals surface area contributed by atoms with Gasteiger partial charge in [-0.25, -0.2) is 9.97 Å². The third kappa shape index (κ3) is 4.45. The van der Waals surface area contributed by atoms with Gasteiger partial charge < -0.3 is 18.9 Å². The summed E-state index contributed by atoms with van der Waals surface area (Å²) in [5.41, 5.74) is 0.723. The van der Waals surface area contributed by atoms with E-state index in [4.69, 9.17) is 14.0 Å². The molecule has 3 aromatic rings. The highest BCUT2D eigenvalue weighted by molar-refractivity contribution is 7.98. The molecular formula is C20H23N5O3S. The fraction of sp³-hybridized carbons (Fsp3) is 0.400. The normalized spacial score (nSPS) is 14.1. The van der Waals surface area contributed by atoms with Crippen LogP contribution in [0, 0.1) is 0 Å². The average Bonchev–Trinajstić information content (AvgIpc) is 3.27. The molecule has 9 heteroatoms. The van der Waals surface area contributed by atoms with Crippen molar-refractivity contribution in [1.82, 2.24) is 20.1 Å². The SMILES string of the molecule is COc1cccc(-c2noc(CSc3cc(N4CCCCC4)ncn3)n2)c1OC. The zero-order chi connectivity index (χ0) is 20.1. The number of ether oxygens (including phenoxy) is 2. The minimum absolute atomic E-state index is 0.466. The first kappa shape index (κ1) is 19.5. The second-order valence-electron chi connectivity index (χ2n) is 6.60. The van der Waals surface area contributed by atoms with Gasteiger partial charge in [-0.15, -0.1) is 0 Å². The van der Waals surface area contributed by atoms with Gasteiger partial charge in [0.2, 0.25) is 11.7 Å². The molecule has 0 spiro atoms. The third-order valence-electron chi connectivity index (χ3n) is 4.76. The Morgan fingerprint density at radius 1 is 1.10 bits per heavy atom. The summed E-state index contributed by atoms with van der Waals surface area (Å²) in [6, 6.07) is 7.59. The quantitative estimate of drug-likeness (QED) is 0.424. The van der Waals surface area contributed by atoms with Crippen LogP contribution in [-0.2, 0) is 5.75 Å². The number of rotatable bonds is 7. The molecule has 0 amide bonds. The van der Waals surface area contributed by atoms with Crippen LogP contribution in [0.4, 0.5) is 5.82 Å². The molecule has 0 aliphatic carbocycles. The lowest BCUT2D eigenvalue weighted by Gasteiger charge is -2.27. The number of benzene rings is 1. The van der Waals surface area contributed by atoms with Crippen LogP contribution in [0.2, 0.25) is 0 Å². The van der Waals surface area contributed by atoms with Gasteiger partial charge in [0.25, 0.3) is 0 Å². The predicted octanol–water partition coefficient (Wildman–Crippen LogP) is 3.83. The molecule has 3 heterocycles. The highest BCUT2D eigenvalue weighted by Crippen LogP contribution is 2.36.